The van der Waals surface area contributed by atoms with E-state index in [-0.39, 0.29) is 0 Å². The molecule has 1 heterocycles. The maximum Gasteiger partial charge on any atom is 0.303 e. The zero-order chi connectivity index (χ0) is 8.81. The quantitative estimate of drug-likeness (QED) is 0.628. The van der Waals surface area contributed by atoms with Crippen molar-refractivity contribution in [3.05, 3.63) is 6.41 Å². The van der Waals surface area contributed by atoms with E-state index >= 15 is 0 Å². The highest BCUT2D eigenvalue weighted by atomic mass is 16.7. The fourth-order valence-corrected chi connectivity index (χ4v) is 1.32. The van der Waals surface area contributed by atoms with E-state index in [1.54, 1.807) is 0 Å². The SMILES string of the molecule is CCCN(CCC)[C]1OCCO1. The standard InChI is InChI=1S/C9H18NO2/c1-3-5-10(6-4-2)9-11-7-8-12-9/h3-8H2,1-2H3. The molecule has 0 atom stereocenters. The second kappa shape index (κ2) is 5.51. The zero-order valence-electron chi connectivity index (χ0n) is 8.01. The average Bonchev–Trinajstić information content (AvgIpc) is 2.56. The molecule has 1 fully saturated rings. The molecule has 0 aromatic carbocycles. The van der Waals surface area contributed by atoms with Gasteiger partial charge in [-0.1, -0.05) is 13.8 Å². The lowest BCUT2D eigenvalue weighted by Crippen LogP contribution is -2.30. The van der Waals surface area contributed by atoms with Crippen LogP contribution in [0.3, 0.4) is 0 Å². The predicted octanol–water partition coefficient (Wildman–Crippen LogP) is 1.60. The Kier molecular flexibility index (Phi) is 4.58. The molecule has 3 heteroatoms. The van der Waals surface area contributed by atoms with Gasteiger partial charge >= 0.3 is 6.41 Å². The second-order valence-corrected chi connectivity index (χ2v) is 2.95. The highest BCUT2D eigenvalue weighted by Gasteiger charge is 2.25. The Morgan fingerprint density at radius 2 is 1.58 bits per heavy atom. The molecule has 0 aromatic heterocycles. The van der Waals surface area contributed by atoms with Gasteiger partial charge in [-0.05, 0) is 12.8 Å². The first kappa shape index (κ1) is 9.96. The summed E-state index contributed by atoms with van der Waals surface area (Å²) in [5.41, 5.74) is 0. The van der Waals surface area contributed by atoms with E-state index in [1.807, 2.05) is 0 Å². The summed E-state index contributed by atoms with van der Waals surface area (Å²) in [6.45, 7) is 7.81. The molecule has 0 amide bonds. The lowest BCUT2D eigenvalue weighted by molar-refractivity contribution is -0.0426. The van der Waals surface area contributed by atoms with Crippen LogP contribution in [0.25, 0.3) is 0 Å². The van der Waals surface area contributed by atoms with Crippen LogP contribution in [0.2, 0.25) is 0 Å². The van der Waals surface area contributed by atoms with Crippen LogP contribution in [0.5, 0.6) is 0 Å². The maximum absolute atomic E-state index is 5.34. The highest BCUT2D eigenvalue weighted by Crippen LogP contribution is 2.17. The Balaban J connectivity index is 2.29. The predicted molar refractivity (Wildman–Crippen MR) is 47.3 cm³/mol. The topological polar surface area (TPSA) is 21.7 Å². The average molecular weight is 172 g/mol. The van der Waals surface area contributed by atoms with Crippen LogP contribution in [0.15, 0.2) is 0 Å². The summed E-state index contributed by atoms with van der Waals surface area (Å²) in [5.74, 6) is 0. The van der Waals surface area contributed by atoms with Gasteiger partial charge in [0.05, 0.1) is 13.2 Å². The van der Waals surface area contributed by atoms with E-state index in [1.165, 1.54) is 0 Å². The Hall–Kier alpha value is -0.120. The van der Waals surface area contributed by atoms with Crippen molar-refractivity contribution in [2.75, 3.05) is 26.3 Å². The van der Waals surface area contributed by atoms with Gasteiger partial charge in [0.1, 0.15) is 0 Å². The van der Waals surface area contributed by atoms with E-state index in [0.29, 0.717) is 13.2 Å². The smallest absolute Gasteiger partial charge is 0.303 e. The van der Waals surface area contributed by atoms with Gasteiger partial charge in [-0.3, -0.25) is 0 Å². The number of hydrogen-bond donors (Lipinski definition) is 0. The van der Waals surface area contributed by atoms with Crippen LogP contribution in [0.4, 0.5) is 0 Å². The van der Waals surface area contributed by atoms with Gasteiger partial charge in [0.25, 0.3) is 0 Å². The summed E-state index contributed by atoms with van der Waals surface area (Å²) >= 11 is 0. The monoisotopic (exact) mass is 172 g/mol. The van der Waals surface area contributed by atoms with Gasteiger partial charge in [-0.2, -0.15) is 0 Å². The van der Waals surface area contributed by atoms with Gasteiger partial charge in [0.2, 0.25) is 0 Å². The van der Waals surface area contributed by atoms with Crippen LogP contribution >= 0.6 is 0 Å². The number of ether oxygens (including phenoxy) is 2. The number of rotatable bonds is 5. The molecule has 1 rings (SSSR count). The highest BCUT2D eigenvalue weighted by molar-refractivity contribution is 4.72. The van der Waals surface area contributed by atoms with Crippen molar-refractivity contribution in [1.82, 2.24) is 4.90 Å². The zero-order valence-corrected chi connectivity index (χ0v) is 8.01. The number of nitrogens with zero attached hydrogens (tertiary/aromatic N) is 1. The molecule has 71 valence electrons. The van der Waals surface area contributed by atoms with Crippen molar-refractivity contribution < 1.29 is 9.47 Å². The van der Waals surface area contributed by atoms with Gasteiger partial charge in [0.15, 0.2) is 0 Å². The Morgan fingerprint density at radius 3 is 2.00 bits per heavy atom. The van der Waals surface area contributed by atoms with Gasteiger partial charge < -0.3 is 9.47 Å². The lowest BCUT2D eigenvalue weighted by Gasteiger charge is -2.23. The van der Waals surface area contributed by atoms with Crippen molar-refractivity contribution in [1.29, 1.82) is 0 Å². The Labute approximate surface area is 74.6 Å². The minimum Gasteiger partial charge on any atom is -0.329 e. The molecule has 0 spiro atoms. The molecule has 0 saturated carbocycles. The molecule has 0 aliphatic carbocycles. The molecule has 1 aliphatic heterocycles. The third-order valence-corrected chi connectivity index (χ3v) is 1.78. The number of hydrogen-bond acceptors (Lipinski definition) is 3. The van der Waals surface area contributed by atoms with Crippen molar-refractivity contribution >= 4 is 0 Å². The van der Waals surface area contributed by atoms with Crippen molar-refractivity contribution in [3.63, 3.8) is 0 Å². The molecule has 1 aliphatic rings. The molecule has 0 aromatic rings. The fraction of sp³-hybridized carbons (Fsp3) is 0.889. The molecular weight excluding hydrogens is 154 g/mol. The Morgan fingerprint density at radius 1 is 1.08 bits per heavy atom. The molecule has 1 radical (unpaired) electrons. The second-order valence-electron chi connectivity index (χ2n) is 2.95. The molecule has 0 unspecified atom stereocenters. The largest absolute Gasteiger partial charge is 0.329 e. The van der Waals surface area contributed by atoms with Gasteiger partial charge in [0, 0.05) is 13.1 Å². The molecule has 0 N–H and O–H groups in total. The van der Waals surface area contributed by atoms with Crippen LogP contribution in [-0.2, 0) is 9.47 Å². The molecular formula is C9H18NO2. The van der Waals surface area contributed by atoms with Crippen LogP contribution < -0.4 is 0 Å². The Bertz CT molecular complexity index is 107. The molecule has 3 nitrogen and oxygen atoms in total. The molecule has 1 saturated heterocycles. The summed E-state index contributed by atoms with van der Waals surface area (Å²) in [5, 5.41) is 0. The van der Waals surface area contributed by atoms with Crippen molar-refractivity contribution in [2.45, 2.75) is 26.7 Å². The first-order chi connectivity index (χ1) is 5.88. The van der Waals surface area contributed by atoms with Crippen molar-refractivity contribution in [3.8, 4) is 0 Å². The third-order valence-electron chi connectivity index (χ3n) is 1.78. The van der Waals surface area contributed by atoms with E-state index < -0.39 is 0 Å². The van der Waals surface area contributed by atoms with Gasteiger partial charge in [-0.15, -0.1) is 0 Å². The summed E-state index contributed by atoms with van der Waals surface area (Å²) < 4.78 is 10.7. The van der Waals surface area contributed by atoms with Crippen LogP contribution in [0, 0.1) is 6.41 Å². The van der Waals surface area contributed by atoms with Crippen LogP contribution in [-0.4, -0.2) is 31.2 Å². The summed E-state index contributed by atoms with van der Waals surface area (Å²) in [7, 11) is 0. The lowest BCUT2D eigenvalue weighted by atomic mass is 10.4. The molecule has 12 heavy (non-hydrogen) atoms. The fourth-order valence-electron chi connectivity index (χ4n) is 1.32. The molecule has 0 bridgehead atoms. The summed E-state index contributed by atoms with van der Waals surface area (Å²) in [6, 6.07) is 0. The van der Waals surface area contributed by atoms with E-state index in [0.717, 1.165) is 32.3 Å². The van der Waals surface area contributed by atoms with Gasteiger partial charge in [-0.25, -0.2) is 4.90 Å². The summed E-state index contributed by atoms with van der Waals surface area (Å²) in [4.78, 5) is 2.17. The third kappa shape index (κ3) is 2.73. The normalized spacial score (nSPS) is 19.2. The van der Waals surface area contributed by atoms with E-state index in [9.17, 15) is 0 Å². The summed E-state index contributed by atoms with van der Waals surface area (Å²) in [6.07, 6.45) is 3.01. The van der Waals surface area contributed by atoms with E-state index in [2.05, 4.69) is 18.7 Å². The first-order valence-electron chi connectivity index (χ1n) is 4.76. The maximum atomic E-state index is 5.34. The first-order valence-corrected chi connectivity index (χ1v) is 4.76. The minimum atomic E-state index is 0.708. The van der Waals surface area contributed by atoms with Crippen LogP contribution in [0.1, 0.15) is 26.7 Å². The minimum absolute atomic E-state index is 0.708. The van der Waals surface area contributed by atoms with Crippen molar-refractivity contribution in [2.24, 2.45) is 0 Å². The van der Waals surface area contributed by atoms with E-state index in [4.69, 9.17) is 9.47 Å².